The predicted molar refractivity (Wildman–Crippen MR) is 84.3 cm³/mol. The summed E-state index contributed by atoms with van der Waals surface area (Å²) in [7, 11) is 2.12. The van der Waals surface area contributed by atoms with E-state index >= 15 is 0 Å². The highest BCUT2D eigenvalue weighted by Gasteiger charge is 2.26. The van der Waals surface area contributed by atoms with E-state index in [1.165, 1.54) is 47.9 Å². The summed E-state index contributed by atoms with van der Waals surface area (Å²) in [6.45, 7) is 2.34. The normalized spacial score (nSPS) is 26.2. The van der Waals surface area contributed by atoms with Crippen molar-refractivity contribution in [2.45, 2.75) is 51.5 Å². The lowest BCUT2D eigenvalue weighted by atomic mass is 9.77. The van der Waals surface area contributed by atoms with E-state index in [-0.39, 0.29) is 0 Å². The molecule has 1 fully saturated rings. The number of nitrogens with one attached hydrogen (secondary N) is 1. The summed E-state index contributed by atoms with van der Waals surface area (Å²) in [6.07, 6.45) is 8.26. The van der Waals surface area contributed by atoms with Crippen molar-refractivity contribution in [2.24, 2.45) is 11.8 Å². The van der Waals surface area contributed by atoms with Gasteiger partial charge in [0.25, 0.3) is 0 Å². The Morgan fingerprint density at radius 1 is 1.39 bits per heavy atom. The highest BCUT2D eigenvalue weighted by atomic mass is 79.9. The summed E-state index contributed by atoms with van der Waals surface area (Å²) in [5, 5.41) is 5.74. The molecule has 1 nitrogen and oxygen atoms in total. The summed E-state index contributed by atoms with van der Waals surface area (Å²) in [5.41, 5.74) is 0. The Morgan fingerprint density at radius 2 is 2.11 bits per heavy atom. The van der Waals surface area contributed by atoms with Gasteiger partial charge in [-0.2, -0.15) is 0 Å². The van der Waals surface area contributed by atoms with Gasteiger partial charge in [0.2, 0.25) is 0 Å². The van der Waals surface area contributed by atoms with Crippen LogP contribution >= 0.6 is 27.3 Å². The van der Waals surface area contributed by atoms with E-state index in [1.54, 1.807) is 0 Å². The molecule has 0 radical (unpaired) electrons. The Hall–Kier alpha value is 0.140. The van der Waals surface area contributed by atoms with Crippen molar-refractivity contribution >= 4 is 27.3 Å². The smallest absolute Gasteiger partial charge is 0.0285 e. The lowest BCUT2D eigenvalue weighted by Crippen LogP contribution is -2.37. The van der Waals surface area contributed by atoms with Crippen LogP contribution in [0.1, 0.15) is 43.9 Å². The third-order valence-corrected chi connectivity index (χ3v) is 6.17. The molecule has 18 heavy (non-hydrogen) atoms. The molecule has 3 heteroatoms. The summed E-state index contributed by atoms with van der Waals surface area (Å²) < 4.78 is 1.23. The van der Waals surface area contributed by atoms with Crippen LogP contribution in [-0.4, -0.2) is 13.1 Å². The highest BCUT2D eigenvalue weighted by Crippen LogP contribution is 2.34. The van der Waals surface area contributed by atoms with Crippen LogP contribution in [0.15, 0.2) is 15.9 Å². The zero-order chi connectivity index (χ0) is 13.0. The molecule has 1 aromatic heterocycles. The van der Waals surface area contributed by atoms with Crippen LogP contribution in [0.2, 0.25) is 0 Å². The molecule has 2 rings (SSSR count). The van der Waals surface area contributed by atoms with Crippen molar-refractivity contribution in [3.05, 3.63) is 20.8 Å². The molecule has 1 aliphatic carbocycles. The standard InChI is InChI=1S/C15H24BrNS/c1-3-11-4-6-12(7-5-11)15(17-2)9-14-8-13(16)10-18-14/h8,10-12,15,17H,3-7,9H2,1-2H3. The molecule has 0 amide bonds. The fourth-order valence-corrected chi connectivity index (χ4v) is 4.69. The van der Waals surface area contributed by atoms with Gasteiger partial charge in [-0.15, -0.1) is 11.3 Å². The van der Waals surface area contributed by atoms with Crippen molar-refractivity contribution in [1.29, 1.82) is 0 Å². The Balaban J connectivity index is 1.89. The monoisotopic (exact) mass is 329 g/mol. The minimum atomic E-state index is 0.661. The van der Waals surface area contributed by atoms with Gasteiger partial charge in [-0.1, -0.05) is 26.2 Å². The second kappa shape index (κ2) is 7.06. The van der Waals surface area contributed by atoms with Gasteiger partial charge in [0.05, 0.1) is 0 Å². The third-order valence-electron chi connectivity index (χ3n) is 4.45. The van der Waals surface area contributed by atoms with Crippen LogP contribution in [0.25, 0.3) is 0 Å². The molecule has 0 saturated heterocycles. The number of thiophene rings is 1. The fraction of sp³-hybridized carbons (Fsp3) is 0.733. The summed E-state index contributed by atoms with van der Waals surface area (Å²) in [5.74, 6) is 1.87. The molecule has 1 atom stereocenters. The van der Waals surface area contributed by atoms with Crippen molar-refractivity contribution in [3.8, 4) is 0 Å². The molecular weight excluding hydrogens is 306 g/mol. The molecule has 1 aliphatic rings. The minimum absolute atomic E-state index is 0.661. The molecule has 0 spiro atoms. The van der Waals surface area contributed by atoms with Gasteiger partial charge in [-0.05, 0) is 60.1 Å². The maximum absolute atomic E-state index is 3.55. The SMILES string of the molecule is CCC1CCC(C(Cc2cc(Br)cs2)NC)CC1. The maximum Gasteiger partial charge on any atom is 0.0285 e. The van der Waals surface area contributed by atoms with Crippen LogP contribution in [-0.2, 0) is 6.42 Å². The van der Waals surface area contributed by atoms with E-state index < -0.39 is 0 Å². The largest absolute Gasteiger partial charge is 0.316 e. The van der Waals surface area contributed by atoms with Crippen molar-refractivity contribution < 1.29 is 0 Å². The van der Waals surface area contributed by atoms with Gasteiger partial charge in [-0.3, -0.25) is 0 Å². The summed E-state index contributed by atoms with van der Waals surface area (Å²) >= 11 is 5.42. The average Bonchev–Trinajstić information content (AvgIpc) is 2.82. The Morgan fingerprint density at radius 3 is 2.61 bits per heavy atom. The van der Waals surface area contributed by atoms with Gasteiger partial charge in [0.1, 0.15) is 0 Å². The molecule has 1 N–H and O–H groups in total. The molecule has 1 heterocycles. The van der Waals surface area contributed by atoms with Crippen molar-refractivity contribution in [3.63, 3.8) is 0 Å². The molecule has 0 aromatic carbocycles. The van der Waals surface area contributed by atoms with Crippen molar-refractivity contribution in [1.82, 2.24) is 5.32 Å². The van der Waals surface area contributed by atoms with E-state index in [0.717, 1.165) is 11.8 Å². The van der Waals surface area contributed by atoms with Crippen LogP contribution in [0.4, 0.5) is 0 Å². The zero-order valence-electron chi connectivity index (χ0n) is 11.4. The van der Waals surface area contributed by atoms with Gasteiger partial charge in [0.15, 0.2) is 0 Å². The van der Waals surface area contributed by atoms with Gasteiger partial charge < -0.3 is 5.32 Å². The first kappa shape index (κ1) is 14.5. The molecule has 1 unspecified atom stereocenters. The quantitative estimate of drug-likeness (QED) is 0.813. The molecule has 0 aliphatic heterocycles. The van der Waals surface area contributed by atoms with E-state index in [0.29, 0.717) is 6.04 Å². The van der Waals surface area contributed by atoms with Gasteiger partial charge in [0, 0.05) is 20.8 Å². The first-order chi connectivity index (χ1) is 8.72. The maximum atomic E-state index is 3.55. The molecule has 1 saturated carbocycles. The van der Waals surface area contributed by atoms with Crippen LogP contribution in [0.3, 0.4) is 0 Å². The second-order valence-electron chi connectivity index (χ2n) is 5.52. The number of rotatable bonds is 5. The van der Waals surface area contributed by atoms with E-state index in [9.17, 15) is 0 Å². The van der Waals surface area contributed by atoms with Crippen LogP contribution in [0.5, 0.6) is 0 Å². The average molecular weight is 330 g/mol. The zero-order valence-corrected chi connectivity index (χ0v) is 13.8. The van der Waals surface area contributed by atoms with Gasteiger partial charge >= 0.3 is 0 Å². The van der Waals surface area contributed by atoms with Crippen LogP contribution in [0, 0.1) is 11.8 Å². The van der Waals surface area contributed by atoms with Crippen LogP contribution < -0.4 is 5.32 Å². The molecule has 102 valence electrons. The van der Waals surface area contributed by atoms with E-state index in [2.05, 4.69) is 46.7 Å². The highest BCUT2D eigenvalue weighted by molar-refractivity contribution is 9.10. The number of halogens is 1. The molecule has 1 aromatic rings. The predicted octanol–water partition coefficient (Wildman–Crippen LogP) is 4.86. The number of hydrogen-bond donors (Lipinski definition) is 1. The Labute approximate surface area is 123 Å². The summed E-state index contributed by atoms with van der Waals surface area (Å²) in [4.78, 5) is 1.50. The topological polar surface area (TPSA) is 12.0 Å². The third kappa shape index (κ3) is 3.82. The first-order valence-electron chi connectivity index (χ1n) is 7.13. The van der Waals surface area contributed by atoms with E-state index in [4.69, 9.17) is 0 Å². The van der Waals surface area contributed by atoms with Crippen molar-refractivity contribution in [2.75, 3.05) is 7.05 Å². The number of hydrogen-bond acceptors (Lipinski definition) is 2. The van der Waals surface area contributed by atoms with E-state index in [1.807, 2.05) is 11.3 Å². The molecule has 0 bridgehead atoms. The molecular formula is C15H24BrNS. The lowest BCUT2D eigenvalue weighted by Gasteiger charge is -2.33. The minimum Gasteiger partial charge on any atom is -0.316 e. The van der Waals surface area contributed by atoms with Gasteiger partial charge in [-0.25, -0.2) is 0 Å². The Kier molecular flexibility index (Phi) is 5.71. The Bertz CT molecular complexity index is 355. The lowest BCUT2D eigenvalue weighted by molar-refractivity contribution is 0.222. The first-order valence-corrected chi connectivity index (χ1v) is 8.80. The fourth-order valence-electron chi connectivity index (χ4n) is 3.18. The second-order valence-corrected chi connectivity index (χ2v) is 7.43. The summed E-state index contributed by atoms with van der Waals surface area (Å²) in [6, 6.07) is 2.93. The number of likely N-dealkylation sites (N-methyl/N-ethyl adjacent to an activating group) is 1.